The standard InChI is InChI=1S/C17H13N3OS2/c1-11(21)19-14-6-7-15-16(8-14)23-17(20-15)22-10-13-5-3-2-4-12(13)9-18/h2-8H,10H2,1H3,(H,19,21). The first-order valence-corrected chi connectivity index (χ1v) is 8.75. The summed E-state index contributed by atoms with van der Waals surface area (Å²) in [6.07, 6.45) is 0. The third-order valence-electron chi connectivity index (χ3n) is 3.18. The molecule has 1 aromatic heterocycles. The van der Waals surface area contributed by atoms with E-state index in [9.17, 15) is 4.79 Å². The van der Waals surface area contributed by atoms with E-state index in [0.29, 0.717) is 11.3 Å². The molecule has 4 nitrogen and oxygen atoms in total. The molecular weight excluding hydrogens is 326 g/mol. The van der Waals surface area contributed by atoms with Crippen LogP contribution in [0.4, 0.5) is 5.69 Å². The van der Waals surface area contributed by atoms with Gasteiger partial charge in [0, 0.05) is 18.4 Å². The number of carbonyl (C=O) groups excluding carboxylic acids is 1. The zero-order chi connectivity index (χ0) is 16.2. The number of fused-ring (bicyclic) bond motifs is 1. The van der Waals surface area contributed by atoms with Gasteiger partial charge in [-0.15, -0.1) is 11.3 Å². The van der Waals surface area contributed by atoms with E-state index in [1.807, 2.05) is 42.5 Å². The van der Waals surface area contributed by atoms with E-state index in [2.05, 4.69) is 16.4 Å². The van der Waals surface area contributed by atoms with Crippen molar-refractivity contribution in [2.75, 3.05) is 5.32 Å². The molecule has 114 valence electrons. The zero-order valence-corrected chi connectivity index (χ0v) is 14.0. The number of anilines is 1. The number of amides is 1. The van der Waals surface area contributed by atoms with Gasteiger partial charge in [0.1, 0.15) is 0 Å². The Morgan fingerprint density at radius 2 is 2.17 bits per heavy atom. The van der Waals surface area contributed by atoms with Crippen molar-refractivity contribution in [3.8, 4) is 6.07 Å². The largest absolute Gasteiger partial charge is 0.326 e. The lowest BCUT2D eigenvalue weighted by molar-refractivity contribution is -0.114. The Kier molecular flexibility index (Phi) is 4.60. The molecule has 23 heavy (non-hydrogen) atoms. The SMILES string of the molecule is CC(=O)Nc1ccc2nc(SCc3ccccc3C#N)sc2c1. The number of aromatic nitrogens is 1. The van der Waals surface area contributed by atoms with Gasteiger partial charge in [0.05, 0.1) is 21.8 Å². The smallest absolute Gasteiger partial charge is 0.221 e. The minimum absolute atomic E-state index is 0.0865. The number of hydrogen-bond donors (Lipinski definition) is 1. The lowest BCUT2D eigenvalue weighted by Crippen LogP contribution is -2.05. The van der Waals surface area contributed by atoms with Crippen LogP contribution in [0.15, 0.2) is 46.8 Å². The average Bonchev–Trinajstić information content (AvgIpc) is 2.94. The fourth-order valence-electron chi connectivity index (χ4n) is 2.14. The molecule has 0 aliphatic heterocycles. The molecule has 0 bridgehead atoms. The lowest BCUT2D eigenvalue weighted by atomic mass is 10.1. The Balaban J connectivity index is 1.78. The van der Waals surface area contributed by atoms with Gasteiger partial charge in [-0.1, -0.05) is 30.0 Å². The molecule has 2 aromatic carbocycles. The van der Waals surface area contributed by atoms with Crippen molar-refractivity contribution in [1.82, 2.24) is 4.98 Å². The highest BCUT2D eigenvalue weighted by Crippen LogP contribution is 2.33. The van der Waals surface area contributed by atoms with E-state index >= 15 is 0 Å². The van der Waals surface area contributed by atoms with Crippen molar-refractivity contribution in [2.24, 2.45) is 0 Å². The maximum Gasteiger partial charge on any atom is 0.221 e. The van der Waals surface area contributed by atoms with Gasteiger partial charge in [-0.05, 0) is 29.8 Å². The van der Waals surface area contributed by atoms with E-state index in [4.69, 9.17) is 5.26 Å². The summed E-state index contributed by atoms with van der Waals surface area (Å²) in [5, 5.41) is 11.9. The molecule has 0 unspecified atom stereocenters. The fraction of sp³-hybridized carbons (Fsp3) is 0.118. The summed E-state index contributed by atoms with van der Waals surface area (Å²) in [6.45, 7) is 1.49. The summed E-state index contributed by atoms with van der Waals surface area (Å²) in [5.74, 6) is 0.624. The molecule has 3 aromatic rings. The highest BCUT2D eigenvalue weighted by atomic mass is 32.2. The van der Waals surface area contributed by atoms with Gasteiger partial charge in [0.2, 0.25) is 5.91 Å². The summed E-state index contributed by atoms with van der Waals surface area (Å²) in [4.78, 5) is 15.7. The van der Waals surface area contributed by atoms with E-state index in [0.717, 1.165) is 25.8 Å². The topological polar surface area (TPSA) is 65.8 Å². The molecule has 6 heteroatoms. The van der Waals surface area contributed by atoms with E-state index in [1.54, 1.807) is 23.1 Å². The molecule has 0 saturated heterocycles. The Morgan fingerprint density at radius 1 is 1.35 bits per heavy atom. The first-order chi connectivity index (χ1) is 11.2. The number of hydrogen-bond acceptors (Lipinski definition) is 5. The van der Waals surface area contributed by atoms with Crippen LogP contribution in [-0.4, -0.2) is 10.9 Å². The Hall–Kier alpha value is -2.36. The molecule has 1 amide bonds. The summed E-state index contributed by atoms with van der Waals surface area (Å²) in [5.41, 5.74) is 3.41. The quantitative estimate of drug-likeness (QED) is 0.715. The van der Waals surface area contributed by atoms with Gasteiger partial charge in [0.25, 0.3) is 0 Å². The molecule has 0 radical (unpaired) electrons. The molecular formula is C17H13N3OS2. The number of thioether (sulfide) groups is 1. The van der Waals surface area contributed by atoms with Crippen molar-refractivity contribution < 1.29 is 4.79 Å². The van der Waals surface area contributed by atoms with Crippen LogP contribution in [0.1, 0.15) is 18.1 Å². The Bertz CT molecular complexity index is 912. The van der Waals surface area contributed by atoms with Crippen molar-refractivity contribution >= 4 is 44.9 Å². The first kappa shape index (κ1) is 15.5. The maximum atomic E-state index is 11.1. The van der Waals surface area contributed by atoms with Crippen LogP contribution >= 0.6 is 23.1 Å². The van der Waals surface area contributed by atoms with E-state index < -0.39 is 0 Å². The highest BCUT2D eigenvalue weighted by Gasteiger charge is 2.08. The molecule has 0 atom stereocenters. The first-order valence-electron chi connectivity index (χ1n) is 6.94. The minimum Gasteiger partial charge on any atom is -0.326 e. The maximum absolute atomic E-state index is 11.1. The van der Waals surface area contributed by atoms with Crippen LogP contribution < -0.4 is 5.32 Å². The molecule has 3 rings (SSSR count). The van der Waals surface area contributed by atoms with Crippen LogP contribution in [0.2, 0.25) is 0 Å². The van der Waals surface area contributed by atoms with E-state index in [-0.39, 0.29) is 5.91 Å². The number of rotatable bonds is 4. The second-order valence-corrected chi connectivity index (χ2v) is 7.15. The summed E-state index contributed by atoms with van der Waals surface area (Å²) < 4.78 is 1.99. The summed E-state index contributed by atoms with van der Waals surface area (Å²) >= 11 is 3.21. The van der Waals surface area contributed by atoms with Gasteiger partial charge in [0.15, 0.2) is 4.34 Å². The molecule has 0 aliphatic rings. The zero-order valence-electron chi connectivity index (χ0n) is 12.4. The van der Waals surface area contributed by atoms with Crippen LogP contribution in [0.5, 0.6) is 0 Å². The lowest BCUT2D eigenvalue weighted by Gasteiger charge is -2.00. The summed E-state index contributed by atoms with van der Waals surface area (Å²) in [6, 6.07) is 15.5. The van der Waals surface area contributed by atoms with Crippen molar-refractivity contribution in [3.05, 3.63) is 53.6 Å². The molecule has 1 heterocycles. The number of carbonyl (C=O) groups is 1. The predicted molar refractivity (Wildman–Crippen MR) is 94.6 cm³/mol. The summed E-state index contributed by atoms with van der Waals surface area (Å²) in [7, 11) is 0. The number of nitrogens with zero attached hydrogens (tertiary/aromatic N) is 2. The number of benzene rings is 2. The molecule has 0 fully saturated rings. The van der Waals surface area contributed by atoms with Gasteiger partial charge < -0.3 is 5.32 Å². The normalized spacial score (nSPS) is 10.4. The second kappa shape index (κ2) is 6.82. The third kappa shape index (κ3) is 3.70. The van der Waals surface area contributed by atoms with Gasteiger partial charge in [-0.2, -0.15) is 5.26 Å². The third-order valence-corrected chi connectivity index (χ3v) is 5.39. The van der Waals surface area contributed by atoms with E-state index in [1.165, 1.54) is 6.92 Å². The average molecular weight is 339 g/mol. The highest BCUT2D eigenvalue weighted by molar-refractivity contribution is 8.00. The number of nitrogens with one attached hydrogen (secondary N) is 1. The monoisotopic (exact) mass is 339 g/mol. The minimum atomic E-state index is -0.0865. The van der Waals surface area contributed by atoms with Gasteiger partial charge >= 0.3 is 0 Å². The van der Waals surface area contributed by atoms with Crippen molar-refractivity contribution in [3.63, 3.8) is 0 Å². The number of thiazole rings is 1. The van der Waals surface area contributed by atoms with Gasteiger partial charge in [-0.3, -0.25) is 4.79 Å². The van der Waals surface area contributed by atoms with Gasteiger partial charge in [-0.25, -0.2) is 4.98 Å². The molecule has 0 spiro atoms. The molecule has 1 N–H and O–H groups in total. The van der Waals surface area contributed by atoms with Crippen molar-refractivity contribution in [1.29, 1.82) is 5.26 Å². The number of nitriles is 1. The van der Waals surface area contributed by atoms with Crippen LogP contribution in [0.3, 0.4) is 0 Å². The molecule has 0 saturated carbocycles. The molecule has 0 aliphatic carbocycles. The Labute approximate surface area is 142 Å². The Morgan fingerprint density at radius 3 is 2.96 bits per heavy atom. The predicted octanol–water partition coefficient (Wildman–Crippen LogP) is 4.42. The van der Waals surface area contributed by atoms with Crippen molar-refractivity contribution in [2.45, 2.75) is 17.0 Å². The van der Waals surface area contributed by atoms with Crippen LogP contribution in [0.25, 0.3) is 10.2 Å². The second-order valence-electron chi connectivity index (χ2n) is 4.90. The van der Waals surface area contributed by atoms with Crippen LogP contribution in [0, 0.1) is 11.3 Å². The van der Waals surface area contributed by atoms with Crippen LogP contribution in [-0.2, 0) is 10.5 Å². The fourth-order valence-corrected chi connectivity index (χ4v) is 4.25.